The van der Waals surface area contributed by atoms with Gasteiger partial charge in [0.2, 0.25) is 0 Å². The van der Waals surface area contributed by atoms with Gasteiger partial charge in [0.15, 0.2) is 6.61 Å². The molecule has 144 valence electrons. The minimum atomic E-state index is 0.0444. The minimum Gasteiger partial charge on any atom is -0.497 e. The molecule has 1 aliphatic heterocycles. The second-order valence-electron chi connectivity index (χ2n) is 7.05. The van der Waals surface area contributed by atoms with Crippen molar-refractivity contribution in [1.82, 2.24) is 4.90 Å². The van der Waals surface area contributed by atoms with Crippen molar-refractivity contribution < 1.29 is 14.3 Å². The summed E-state index contributed by atoms with van der Waals surface area (Å²) in [5, 5.41) is 0. The zero-order valence-corrected chi connectivity index (χ0v) is 16.4. The molecule has 27 heavy (non-hydrogen) atoms. The number of hydrogen-bond acceptors (Lipinski definition) is 4. The van der Waals surface area contributed by atoms with Crippen LogP contribution in [0.3, 0.4) is 0 Å². The highest BCUT2D eigenvalue weighted by Crippen LogP contribution is 2.26. The molecule has 1 fully saturated rings. The van der Waals surface area contributed by atoms with Crippen LogP contribution < -0.4 is 14.4 Å². The number of benzene rings is 2. The summed E-state index contributed by atoms with van der Waals surface area (Å²) in [6, 6.07) is 16.0. The lowest BCUT2D eigenvalue weighted by Gasteiger charge is -2.36. The Labute approximate surface area is 161 Å². The van der Waals surface area contributed by atoms with Gasteiger partial charge in [-0.15, -0.1) is 0 Å². The molecule has 2 aromatic carbocycles. The highest BCUT2D eigenvalue weighted by molar-refractivity contribution is 5.78. The highest BCUT2D eigenvalue weighted by atomic mass is 16.5. The molecule has 1 saturated heterocycles. The first kappa shape index (κ1) is 19.1. The van der Waals surface area contributed by atoms with Crippen molar-refractivity contribution in [3.8, 4) is 11.5 Å². The van der Waals surface area contributed by atoms with Gasteiger partial charge in [-0.25, -0.2) is 0 Å². The molecule has 0 aromatic heterocycles. The number of anilines is 1. The summed E-state index contributed by atoms with van der Waals surface area (Å²) in [5.74, 6) is 2.07. The maximum atomic E-state index is 12.5. The van der Waals surface area contributed by atoms with Crippen molar-refractivity contribution in [3.05, 3.63) is 54.1 Å². The molecule has 0 atom stereocenters. The van der Waals surface area contributed by atoms with E-state index in [1.807, 2.05) is 35.2 Å². The summed E-state index contributed by atoms with van der Waals surface area (Å²) in [4.78, 5) is 16.7. The molecule has 0 N–H and O–H groups in total. The van der Waals surface area contributed by atoms with Crippen molar-refractivity contribution in [2.24, 2.45) is 0 Å². The van der Waals surface area contributed by atoms with Crippen LogP contribution in [0.25, 0.3) is 0 Å². The number of para-hydroxylation sites is 1. The Kier molecular flexibility index (Phi) is 6.22. The van der Waals surface area contributed by atoms with E-state index in [0.717, 1.165) is 35.8 Å². The largest absolute Gasteiger partial charge is 0.497 e. The molecular weight excluding hydrogens is 340 g/mol. The first-order valence-electron chi connectivity index (χ1n) is 9.47. The standard InChI is InChI=1S/C22H28N2O3/c1-17(2)20-6-4-5-7-21(20)27-16-22(25)24-14-12-23(13-15-24)18-8-10-19(26-3)11-9-18/h4-11,17H,12-16H2,1-3H3. The predicted molar refractivity (Wildman–Crippen MR) is 108 cm³/mol. The lowest BCUT2D eigenvalue weighted by atomic mass is 10.0. The second-order valence-corrected chi connectivity index (χ2v) is 7.05. The molecule has 1 heterocycles. The van der Waals surface area contributed by atoms with Gasteiger partial charge in [0.25, 0.3) is 5.91 Å². The van der Waals surface area contributed by atoms with Crippen LogP contribution in [0.4, 0.5) is 5.69 Å². The summed E-state index contributed by atoms with van der Waals surface area (Å²) >= 11 is 0. The summed E-state index contributed by atoms with van der Waals surface area (Å²) in [6.07, 6.45) is 0. The van der Waals surface area contributed by atoms with E-state index >= 15 is 0 Å². The molecule has 0 unspecified atom stereocenters. The van der Waals surface area contributed by atoms with Crippen LogP contribution in [0, 0.1) is 0 Å². The van der Waals surface area contributed by atoms with E-state index in [4.69, 9.17) is 9.47 Å². The Morgan fingerprint density at radius 2 is 1.67 bits per heavy atom. The molecule has 0 bridgehead atoms. The number of ether oxygens (including phenoxy) is 2. The van der Waals surface area contributed by atoms with E-state index in [1.54, 1.807) is 7.11 Å². The third-order valence-electron chi connectivity index (χ3n) is 4.96. The number of carbonyl (C=O) groups excluding carboxylic acids is 1. The highest BCUT2D eigenvalue weighted by Gasteiger charge is 2.22. The monoisotopic (exact) mass is 368 g/mol. The Morgan fingerprint density at radius 3 is 2.30 bits per heavy atom. The summed E-state index contributed by atoms with van der Waals surface area (Å²) in [7, 11) is 1.67. The van der Waals surface area contributed by atoms with Crippen LogP contribution in [0.15, 0.2) is 48.5 Å². The van der Waals surface area contributed by atoms with E-state index in [-0.39, 0.29) is 12.5 Å². The molecule has 5 heteroatoms. The number of carbonyl (C=O) groups is 1. The lowest BCUT2D eigenvalue weighted by molar-refractivity contribution is -0.133. The molecule has 3 rings (SSSR count). The number of methoxy groups -OCH3 is 1. The fourth-order valence-corrected chi connectivity index (χ4v) is 3.33. The van der Waals surface area contributed by atoms with Crippen LogP contribution in [0.5, 0.6) is 11.5 Å². The van der Waals surface area contributed by atoms with E-state index in [2.05, 4.69) is 36.9 Å². The summed E-state index contributed by atoms with van der Waals surface area (Å²) < 4.78 is 11.0. The molecule has 1 amide bonds. The molecule has 0 saturated carbocycles. The van der Waals surface area contributed by atoms with Crippen LogP contribution in [0.2, 0.25) is 0 Å². The molecule has 5 nitrogen and oxygen atoms in total. The smallest absolute Gasteiger partial charge is 0.260 e. The van der Waals surface area contributed by atoms with Gasteiger partial charge in [-0.2, -0.15) is 0 Å². The number of nitrogens with zero attached hydrogens (tertiary/aromatic N) is 2. The van der Waals surface area contributed by atoms with Crippen LogP contribution in [-0.4, -0.2) is 50.7 Å². The third-order valence-corrected chi connectivity index (χ3v) is 4.96. The number of piperazine rings is 1. The molecule has 0 radical (unpaired) electrons. The van der Waals surface area contributed by atoms with E-state index in [0.29, 0.717) is 19.0 Å². The normalized spacial score (nSPS) is 14.4. The SMILES string of the molecule is COc1ccc(N2CCN(C(=O)COc3ccccc3C(C)C)CC2)cc1. The molecular formula is C22H28N2O3. The van der Waals surface area contributed by atoms with Gasteiger partial charge < -0.3 is 19.3 Å². The van der Waals surface area contributed by atoms with E-state index < -0.39 is 0 Å². The predicted octanol–water partition coefficient (Wildman–Crippen LogP) is 3.55. The fraction of sp³-hybridized carbons (Fsp3) is 0.409. The third kappa shape index (κ3) is 4.73. The zero-order valence-electron chi connectivity index (χ0n) is 16.4. The molecule has 0 aliphatic carbocycles. The van der Waals surface area contributed by atoms with Gasteiger partial charge in [0.1, 0.15) is 11.5 Å². The van der Waals surface area contributed by atoms with Crippen LogP contribution in [0.1, 0.15) is 25.3 Å². The number of amides is 1. The molecule has 1 aliphatic rings. The fourth-order valence-electron chi connectivity index (χ4n) is 3.33. The second kappa shape index (κ2) is 8.80. The average molecular weight is 368 g/mol. The van der Waals surface area contributed by atoms with Crippen molar-refractivity contribution in [1.29, 1.82) is 0 Å². The van der Waals surface area contributed by atoms with Crippen LogP contribution >= 0.6 is 0 Å². The topological polar surface area (TPSA) is 42.0 Å². The Morgan fingerprint density at radius 1 is 1.00 bits per heavy atom. The van der Waals surface area contributed by atoms with Crippen molar-refractivity contribution in [2.45, 2.75) is 19.8 Å². The average Bonchev–Trinajstić information content (AvgIpc) is 2.72. The number of rotatable bonds is 6. The van der Waals surface area contributed by atoms with Crippen LogP contribution in [-0.2, 0) is 4.79 Å². The van der Waals surface area contributed by atoms with Gasteiger partial charge >= 0.3 is 0 Å². The van der Waals surface area contributed by atoms with Gasteiger partial charge in [-0.3, -0.25) is 4.79 Å². The maximum absolute atomic E-state index is 12.5. The van der Waals surface area contributed by atoms with E-state index in [1.165, 1.54) is 0 Å². The Hall–Kier alpha value is -2.69. The minimum absolute atomic E-state index is 0.0444. The molecule has 0 spiro atoms. The maximum Gasteiger partial charge on any atom is 0.260 e. The summed E-state index contributed by atoms with van der Waals surface area (Å²) in [6.45, 7) is 7.40. The first-order valence-corrected chi connectivity index (χ1v) is 9.47. The quantitative estimate of drug-likeness (QED) is 0.782. The Bertz CT molecular complexity index is 750. The van der Waals surface area contributed by atoms with Crippen molar-refractivity contribution in [2.75, 3.05) is 44.8 Å². The number of hydrogen-bond donors (Lipinski definition) is 0. The van der Waals surface area contributed by atoms with Gasteiger partial charge in [-0.05, 0) is 41.8 Å². The van der Waals surface area contributed by atoms with Gasteiger partial charge in [0.05, 0.1) is 7.11 Å². The zero-order chi connectivity index (χ0) is 19.2. The van der Waals surface area contributed by atoms with Crippen molar-refractivity contribution >= 4 is 11.6 Å². The van der Waals surface area contributed by atoms with Gasteiger partial charge in [0, 0.05) is 31.9 Å². The van der Waals surface area contributed by atoms with E-state index in [9.17, 15) is 4.79 Å². The van der Waals surface area contributed by atoms with Crippen molar-refractivity contribution in [3.63, 3.8) is 0 Å². The molecule has 2 aromatic rings. The lowest BCUT2D eigenvalue weighted by Crippen LogP contribution is -2.50. The van der Waals surface area contributed by atoms with Gasteiger partial charge in [-0.1, -0.05) is 32.0 Å². The Balaban J connectivity index is 1.51. The summed E-state index contributed by atoms with van der Waals surface area (Å²) in [5.41, 5.74) is 2.29. The first-order chi connectivity index (χ1) is 13.1.